The summed E-state index contributed by atoms with van der Waals surface area (Å²) >= 11 is 1.37. The molecule has 1 aliphatic rings. The molecule has 0 unspecified atom stereocenters. The number of aryl methyl sites for hydroxylation is 1. The van der Waals surface area contributed by atoms with Crippen LogP contribution in [0.5, 0.6) is 0 Å². The molecule has 42 heavy (non-hydrogen) atoms. The van der Waals surface area contributed by atoms with E-state index in [-0.39, 0.29) is 23.9 Å². The van der Waals surface area contributed by atoms with Crippen LogP contribution in [-0.4, -0.2) is 57.7 Å². The first-order chi connectivity index (χ1) is 20.1. The summed E-state index contributed by atoms with van der Waals surface area (Å²) in [6.45, 7) is 8.44. The fourth-order valence-corrected chi connectivity index (χ4v) is 5.64. The Morgan fingerprint density at radius 1 is 1.05 bits per heavy atom. The summed E-state index contributed by atoms with van der Waals surface area (Å²) in [6, 6.07) is 15.0. The van der Waals surface area contributed by atoms with Gasteiger partial charge in [-0.25, -0.2) is 4.79 Å². The van der Waals surface area contributed by atoms with E-state index >= 15 is 0 Å². The third kappa shape index (κ3) is 6.88. The first-order valence-electron chi connectivity index (χ1n) is 14.0. The van der Waals surface area contributed by atoms with Crippen molar-refractivity contribution in [2.75, 3.05) is 18.4 Å². The molecule has 0 saturated carbocycles. The minimum absolute atomic E-state index is 0.0736. The summed E-state index contributed by atoms with van der Waals surface area (Å²) in [7, 11) is 0. The number of para-hydroxylation sites is 1. The van der Waals surface area contributed by atoms with E-state index in [0.29, 0.717) is 42.1 Å². The summed E-state index contributed by atoms with van der Waals surface area (Å²) in [5, 5.41) is 16.4. The van der Waals surface area contributed by atoms with Crippen molar-refractivity contribution in [1.29, 1.82) is 0 Å². The van der Waals surface area contributed by atoms with Gasteiger partial charge in [-0.05, 0) is 87.4 Å². The zero-order valence-corrected chi connectivity index (χ0v) is 25.0. The topological polar surface area (TPSA) is 116 Å². The smallest absolute Gasteiger partial charge is 0.410 e. The van der Waals surface area contributed by atoms with Gasteiger partial charge in [0, 0.05) is 35.8 Å². The van der Waals surface area contributed by atoms with Gasteiger partial charge in [-0.1, -0.05) is 30.3 Å². The molecule has 9 nitrogen and oxygen atoms in total. The Labute approximate surface area is 249 Å². The number of amides is 3. The van der Waals surface area contributed by atoms with Crippen molar-refractivity contribution in [1.82, 2.24) is 20.4 Å². The second-order valence-corrected chi connectivity index (χ2v) is 12.3. The second kappa shape index (κ2) is 12.2. The standard InChI is InChI=1S/C32H35N5O4S/c1-20-15-18-42-28(20)30(39)34-27-19-22(10-9-21(27)11-12-26-24-7-5-6-8-25(24)35-36-26)29(38)33-23-13-16-37(17-14-23)31(40)41-32(2,3)4/h5-12,15,18-19,23H,13-14,16-17H2,1-4H3,(H,33,38)(H,34,39)(H,35,36). The number of hydrogen-bond donors (Lipinski definition) is 3. The number of hydrogen-bond acceptors (Lipinski definition) is 6. The molecule has 0 bridgehead atoms. The van der Waals surface area contributed by atoms with Crippen molar-refractivity contribution in [3.05, 3.63) is 81.2 Å². The average molecular weight is 586 g/mol. The third-order valence-corrected chi connectivity index (χ3v) is 8.05. The summed E-state index contributed by atoms with van der Waals surface area (Å²) in [5.74, 6) is -0.461. The molecule has 0 atom stereocenters. The molecule has 2 aromatic carbocycles. The molecule has 1 fully saturated rings. The highest BCUT2D eigenvalue weighted by Gasteiger charge is 2.28. The van der Waals surface area contributed by atoms with E-state index < -0.39 is 5.60 Å². The molecule has 5 rings (SSSR count). The molecular weight excluding hydrogens is 550 g/mol. The van der Waals surface area contributed by atoms with Crippen molar-refractivity contribution in [2.45, 2.75) is 52.2 Å². The number of carbonyl (C=O) groups excluding carboxylic acids is 3. The van der Waals surface area contributed by atoms with Crippen LogP contribution in [-0.2, 0) is 4.74 Å². The number of ether oxygens (including phenoxy) is 1. The van der Waals surface area contributed by atoms with Crippen molar-refractivity contribution < 1.29 is 19.1 Å². The maximum absolute atomic E-state index is 13.3. The normalized spacial score (nSPS) is 14.3. The number of thiophene rings is 1. The molecule has 10 heteroatoms. The lowest BCUT2D eigenvalue weighted by atomic mass is 10.0. The van der Waals surface area contributed by atoms with Crippen LogP contribution in [0.3, 0.4) is 0 Å². The number of likely N-dealkylation sites (tertiary alicyclic amines) is 1. The number of nitrogens with zero attached hydrogens (tertiary/aromatic N) is 2. The molecule has 218 valence electrons. The molecule has 2 aromatic heterocycles. The van der Waals surface area contributed by atoms with Crippen molar-refractivity contribution in [3.63, 3.8) is 0 Å². The van der Waals surface area contributed by atoms with Crippen molar-refractivity contribution in [2.24, 2.45) is 0 Å². The van der Waals surface area contributed by atoms with Gasteiger partial charge < -0.3 is 20.3 Å². The molecule has 1 aliphatic heterocycles. The van der Waals surface area contributed by atoms with Gasteiger partial charge in [-0.15, -0.1) is 11.3 Å². The maximum Gasteiger partial charge on any atom is 0.410 e. The Hall–Kier alpha value is -4.44. The van der Waals surface area contributed by atoms with Crippen molar-refractivity contribution >= 4 is 58.0 Å². The quantitative estimate of drug-likeness (QED) is 0.239. The van der Waals surface area contributed by atoms with Crippen LogP contribution in [0.1, 0.15) is 70.5 Å². The molecule has 3 amide bonds. The van der Waals surface area contributed by atoms with E-state index in [0.717, 1.165) is 27.7 Å². The number of aromatic nitrogens is 2. The lowest BCUT2D eigenvalue weighted by Gasteiger charge is -2.33. The Morgan fingerprint density at radius 2 is 1.81 bits per heavy atom. The minimum atomic E-state index is -0.551. The number of carbonyl (C=O) groups is 3. The zero-order chi connectivity index (χ0) is 29.9. The van der Waals surface area contributed by atoms with Crippen LogP contribution in [0.15, 0.2) is 53.9 Å². The Morgan fingerprint density at radius 3 is 2.52 bits per heavy atom. The third-order valence-electron chi connectivity index (χ3n) is 7.03. The fraction of sp³-hybridized carbons (Fsp3) is 0.312. The minimum Gasteiger partial charge on any atom is -0.444 e. The van der Waals surface area contributed by atoms with Crippen LogP contribution in [0.4, 0.5) is 10.5 Å². The molecule has 3 heterocycles. The largest absolute Gasteiger partial charge is 0.444 e. The molecule has 0 aliphatic carbocycles. The summed E-state index contributed by atoms with van der Waals surface area (Å²) in [6.07, 6.45) is 4.70. The lowest BCUT2D eigenvalue weighted by molar-refractivity contribution is 0.0199. The monoisotopic (exact) mass is 585 g/mol. The van der Waals surface area contributed by atoms with Gasteiger partial charge in [0.25, 0.3) is 11.8 Å². The SMILES string of the molecule is Cc1ccsc1C(=O)Nc1cc(C(=O)NC2CCN(C(=O)OC(C)(C)C)CC2)ccc1C=Cc1n[nH]c2ccccc12. The number of rotatable bonds is 6. The number of aromatic amines is 1. The van der Waals surface area contributed by atoms with E-state index in [2.05, 4.69) is 20.8 Å². The number of benzene rings is 2. The highest BCUT2D eigenvalue weighted by Crippen LogP contribution is 2.25. The second-order valence-electron chi connectivity index (χ2n) is 11.4. The highest BCUT2D eigenvalue weighted by atomic mass is 32.1. The Bertz CT molecular complexity index is 1640. The predicted molar refractivity (Wildman–Crippen MR) is 167 cm³/mol. The van der Waals surface area contributed by atoms with Crippen LogP contribution in [0.2, 0.25) is 0 Å². The van der Waals surface area contributed by atoms with Gasteiger partial charge in [0.2, 0.25) is 0 Å². The zero-order valence-electron chi connectivity index (χ0n) is 24.2. The predicted octanol–water partition coefficient (Wildman–Crippen LogP) is 6.48. The molecule has 0 radical (unpaired) electrons. The molecule has 4 aromatic rings. The van der Waals surface area contributed by atoms with E-state index in [9.17, 15) is 14.4 Å². The Balaban J connectivity index is 1.32. The Kier molecular flexibility index (Phi) is 8.44. The van der Waals surface area contributed by atoms with E-state index in [1.807, 2.05) is 81.6 Å². The number of nitrogens with one attached hydrogen (secondary N) is 3. The van der Waals surface area contributed by atoms with Crippen LogP contribution in [0, 0.1) is 6.92 Å². The lowest BCUT2D eigenvalue weighted by Crippen LogP contribution is -2.47. The van der Waals surface area contributed by atoms with E-state index in [1.165, 1.54) is 11.3 Å². The van der Waals surface area contributed by atoms with Gasteiger partial charge in [0.05, 0.1) is 16.1 Å². The summed E-state index contributed by atoms with van der Waals surface area (Å²) in [4.78, 5) is 41.1. The van der Waals surface area contributed by atoms with E-state index in [1.54, 1.807) is 17.0 Å². The number of piperidine rings is 1. The fourth-order valence-electron chi connectivity index (χ4n) is 4.82. The van der Waals surface area contributed by atoms with Gasteiger partial charge in [-0.3, -0.25) is 14.7 Å². The summed E-state index contributed by atoms with van der Waals surface area (Å²) < 4.78 is 5.47. The number of H-pyrrole nitrogens is 1. The number of anilines is 1. The molecule has 1 saturated heterocycles. The number of fused-ring (bicyclic) bond motifs is 1. The van der Waals surface area contributed by atoms with Crippen LogP contribution >= 0.6 is 11.3 Å². The van der Waals surface area contributed by atoms with Gasteiger partial charge in [0.15, 0.2) is 0 Å². The maximum atomic E-state index is 13.3. The van der Waals surface area contributed by atoms with Gasteiger partial charge in [-0.2, -0.15) is 5.10 Å². The van der Waals surface area contributed by atoms with Crippen LogP contribution < -0.4 is 10.6 Å². The molecule has 0 spiro atoms. The van der Waals surface area contributed by atoms with Gasteiger partial charge in [0.1, 0.15) is 5.60 Å². The first-order valence-corrected chi connectivity index (χ1v) is 14.8. The van der Waals surface area contributed by atoms with Gasteiger partial charge >= 0.3 is 6.09 Å². The van der Waals surface area contributed by atoms with E-state index in [4.69, 9.17) is 4.74 Å². The molecule has 3 N–H and O–H groups in total. The first kappa shape index (κ1) is 29.1. The average Bonchev–Trinajstić information content (AvgIpc) is 3.57. The van der Waals surface area contributed by atoms with Crippen LogP contribution in [0.25, 0.3) is 23.1 Å². The van der Waals surface area contributed by atoms with Crippen molar-refractivity contribution in [3.8, 4) is 0 Å². The molecular formula is C32H35N5O4S. The highest BCUT2D eigenvalue weighted by molar-refractivity contribution is 7.12. The summed E-state index contributed by atoms with van der Waals surface area (Å²) in [5.41, 5.74) is 3.75.